The first-order valence-electron chi connectivity index (χ1n) is 9.58. The summed E-state index contributed by atoms with van der Waals surface area (Å²) in [6.45, 7) is 4.96. The highest BCUT2D eigenvalue weighted by Crippen LogP contribution is 2.23. The van der Waals surface area contributed by atoms with Gasteiger partial charge in [0.05, 0.1) is 6.61 Å². The van der Waals surface area contributed by atoms with Gasteiger partial charge >= 0.3 is 6.03 Å². The van der Waals surface area contributed by atoms with Crippen LogP contribution >= 0.6 is 0 Å². The van der Waals surface area contributed by atoms with Crippen LogP contribution in [0.4, 0.5) is 10.5 Å². The Labute approximate surface area is 166 Å². The van der Waals surface area contributed by atoms with Gasteiger partial charge in [-0.3, -0.25) is 9.69 Å². The molecule has 0 spiro atoms. The molecule has 148 valence electrons. The predicted molar refractivity (Wildman–Crippen MR) is 110 cm³/mol. The largest absolute Gasteiger partial charge is 0.383 e. The zero-order chi connectivity index (χ0) is 19.9. The number of hydrogen-bond donors (Lipinski definition) is 1. The number of benzene rings is 2. The molecule has 1 N–H and O–H groups in total. The monoisotopic (exact) mass is 381 g/mol. The summed E-state index contributed by atoms with van der Waals surface area (Å²) in [4.78, 5) is 29.0. The zero-order valence-corrected chi connectivity index (χ0v) is 16.5. The van der Waals surface area contributed by atoms with Crippen molar-refractivity contribution >= 4 is 17.6 Å². The molecule has 0 unspecified atom stereocenters. The molecule has 1 saturated heterocycles. The van der Waals surface area contributed by atoms with E-state index in [-0.39, 0.29) is 11.9 Å². The Bertz CT molecular complexity index is 837. The van der Waals surface area contributed by atoms with Crippen molar-refractivity contribution < 1.29 is 14.3 Å². The number of methoxy groups -OCH3 is 1. The summed E-state index contributed by atoms with van der Waals surface area (Å²) in [6, 6.07) is 15.3. The van der Waals surface area contributed by atoms with E-state index in [0.29, 0.717) is 31.8 Å². The molecule has 1 fully saturated rings. The fourth-order valence-electron chi connectivity index (χ4n) is 3.34. The Kier molecular flexibility index (Phi) is 6.66. The molecule has 3 rings (SSSR count). The van der Waals surface area contributed by atoms with Gasteiger partial charge in [-0.15, -0.1) is 0 Å². The van der Waals surface area contributed by atoms with Crippen molar-refractivity contribution in [1.82, 2.24) is 10.2 Å². The molecule has 28 heavy (non-hydrogen) atoms. The summed E-state index contributed by atoms with van der Waals surface area (Å²) in [6.07, 6.45) is 0.891. The third-order valence-corrected chi connectivity index (χ3v) is 4.95. The van der Waals surface area contributed by atoms with Crippen LogP contribution in [0.25, 0.3) is 0 Å². The Morgan fingerprint density at radius 1 is 1.14 bits per heavy atom. The van der Waals surface area contributed by atoms with Gasteiger partial charge in [-0.1, -0.05) is 30.3 Å². The van der Waals surface area contributed by atoms with Crippen LogP contribution in [0.5, 0.6) is 0 Å². The number of ether oxygens (including phenoxy) is 1. The number of amides is 3. The van der Waals surface area contributed by atoms with Crippen LogP contribution in [0.1, 0.15) is 27.9 Å². The highest BCUT2D eigenvalue weighted by molar-refractivity contribution is 5.98. The normalized spacial score (nSPS) is 14.3. The lowest BCUT2D eigenvalue weighted by molar-refractivity contribution is 0.0937. The van der Waals surface area contributed by atoms with Gasteiger partial charge in [-0.05, 0) is 42.7 Å². The van der Waals surface area contributed by atoms with Crippen LogP contribution < -0.4 is 10.2 Å². The van der Waals surface area contributed by atoms with Gasteiger partial charge in [0.15, 0.2) is 0 Å². The molecule has 0 atom stereocenters. The zero-order valence-electron chi connectivity index (χ0n) is 16.5. The van der Waals surface area contributed by atoms with Crippen molar-refractivity contribution in [3.63, 3.8) is 0 Å². The highest BCUT2D eigenvalue weighted by Gasteiger charge is 2.27. The van der Waals surface area contributed by atoms with E-state index < -0.39 is 0 Å². The van der Waals surface area contributed by atoms with Gasteiger partial charge in [-0.25, -0.2) is 4.79 Å². The van der Waals surface area contributed by atoms with E-state index in [0.717, 1.165) is 24.2 Å². The lowest BCUT2D eigenvalue weighted by Gasteiger charge is -2.36. The van der Waals surface area contributed by atoms with Gasteiger partial charge in [0, 0.05) is 44.5 Å². The summed E-state index contributed by atoms with van der Waals surface area (Å²) in [5, 5.41) is 2.81. The maximum absolute atomic E-state index is 13.1. The quantitative estimate of drug-likeness (QED) is 0.749. The average molecular weight is 381 g/mol. The van der Waals surface area contributed by atoms with Crippen molar-refractivity contribution in [2.45, 2.75) is 19.9 Å². The molecule has 1 heterocycles. The van der Waals surface area contributed by atoms with Crippen molar-refractivity contribution in [3.8, 4) is 0 Å². The topological polar surface area (TPSA) is 61.9 Å². The average Bonchev–Trinajstić information content (AvgIpc) is 2.71. The minimum atomic E-state index is -0.167. The Hall–Kier alpha value is -2.86. The standard InChI is InChI=1S/C22H27N3O3/c1-17-7-3-4-8-19(17)16-24-12-6-13-25(22(24)27)20-10-5-9-18(15-20)21(26)23-11-14-28-2/h3-5,7-10,15H,6,11-14,16H2,1-2H3,(H,23,26). The molecule has 2 aromatic carbocycles. The van der Waals surface area contributed by atoms with Gasteiger partial charge in [-0.2, -0.15) is 0 Å². The number of hydrogen-bond acceptors (Lipinski definition) is 3. The molecule has 0 aliphatic carbocycles. The first-order valence-corrected chi connectivity index (χ1v) is 9.58. The van der Waals surface area contributed by atoms with Gasteiger partial charge in [0.1, 0.15) is 0 Å². The van der Waals surface area contributed by atoms with Crippen LogP contribution in [0.2, 0.25) is 0 Å². The van der Waals surface area contributed by atoms with E-state index in [1.54, 1.807) is 24.1 Å². The summed E-state index contributed by atoms with van der Waals surface area (Å²) in [5.74, 6) is -0.167. The molecule has 3 amide bonds. The number of rotatable bonds is 7. The molecule has 1 aliphatic heterocycles. The minimum absolute atomic E-state index is 0.0218. The van der Waals surface area contributed by atoms with Crippen molar-refractivity contribution in [1.29, 1.82) is 0 Å². The van der Waals surface area contributed by atoms with Crippen LogP contribution in [-0.2, 0) is 11.3 Å². The molecule has 2 aromatic rings. The smallest absolute Gasteiger partial charge is 0.324 e. The number of urea groups is 1. The van der Waals surface area contributed by atoms with Crippen LogP contribution in [0.3, 0.4) is 0 Å². The van der Waals surface area contributed by atoms with E-state index in [2.05, 4.69) is 24.4 Å². The number of carbonyl (C=O) groups excluding carboxylic acids is 2. The van der Waals surface area contributed by atoms with Gasteiger partial charge in [0.25, 0.3) is 5.91 Å². The summed E-state index contributed by atoms with van der Waals surface area (Å²) in [5.41, 5.74) is 3.63. The van der Waals surface area contributed by atoms with Crippen LogP contribution in [-0.4, -0.2) is 50.2 Å². The number of carbonyl (C=O) groups is 2. The van der Waals surface area contributed by atoms with E-state index in [4.69, 9.17) is 4.74 Å². The number of aryl methyl sites for hydroxylation is 1. The van der Waals surface area contributed by atoms with E-state index in [1.165, 1.54) is 5.56 Å². The molecule has 6 nitrogen and oxygen atoms in total. The van der Waals surface area contributed by atoms with Gasteiger partial charge in [0.2, 0.25) is 0 Å². The molecule has 0 aromatic heterocycles. The first kappa shape index (κ1) is 19.9. The molecule has 6 heteroatoms. The van der Waals surface area contributed by atoms with Crippen LogP contribution in [0.15, 0.2) is 48.5 Å². The Morgan fingerprint density at radius 3 is 2.75 bits per heavy atom. The molecule has 0 bridgehead atoms. The van der Waals surface area contributed by atoms with Crippen LogP contribution in [0, 0.1) is 6.92 Å². The molecular weight excluding hydrogens is 354 g/mol. The van der Waals surface area contributed by atoms with Gasteiger partial charge < -0.3 is 15.0 Å². The fraction of sp³-hybridized carbons (Fsp3) is 0.364. The lowest BCUT2D eigenvalue weighted by atomic mass is 10.1. The maximum atomic E-state index is 13.1. The number of nitrogens with one attached hydrogen (secondary N) is 1. The molecular formula is C22H27N3O3. The third-order valence-electron chi connectivity index (χ3n) is 4.95. The van der Waals surface area contributed by atoms with Crippen molar-refractivity contribution in [2.24, 2.45) is 0 Å². The number of anilines is 1. The Morgan fingerprint density at radius 2 is 1.96 bits per heavy atom. The first-order chi connectivity index (χ1) is 13.6. The summed E-state index contributed by atoms with van der Waals surface area (Å²) < 4.78 is 4.96. The summed E-state index contributed by atoms with van der Waals surface area (Å²) >= 11 is 0. The van der Waals surface area contributed by atoms with Crippen molar-refractivity contribution in [2.75, 3.05) is 38.3 Å². The highest BCUT2D eigenvalue weighted by atomic mass is 16.5. The maximum Gasteiger partial charge on any atom is 0.324 e. The van der Waals surface area contributed by atoms with E-state index >= 15 is 0 Å². The number of nitrogens with zero attached hydrogens (tertiary/aromatic N) is 2. The van der Waals surface area contributed by atoms with E-state index in [9.17, 15) is 9.59 Å². The SMILES string of the molecule is COCCNC(=O)c1cccc(N2CCCN(Cc3ccccc3C)C2=O)c1. The lowest BCUT2D eigenvalue weighted by Crippen LogP contribution is -2.49. The molecule has 0 radical (unpaired) electrons. The minimum Gasteiger partial charge on any atom is -0.383 e. The molecule has 0 saturated carbocycles. The van der Waals surface area contributed by atoms with E-state index in [1.807, 2.05) is 29.2 Å². The van der Waals surface area contributed by atoms with Crippen molar-refractivity contribution in [3.05, 3.63) is 65.2 Å². The third kappa shape index (κ3) is 4.70. The predicted octanol–water partition coefficient (Wildman–Crippen LogP) is 3.20. The second-order valence-corrected chi connectivity index (χ2v) is 6.93. The molecule has 1 aliphatic rings. The second kappa shape index (κ2) is 9.37. The summed E-state index contributed by atoms with van der Waals surface area (Å²) in [7, 11) is 1.59. The second-order valence-electron chi connectivity index (χ2n) is 6.93. The fourth-order valence-corrected chi connectivity index (χ4v) is 3.34. The Balaban J connectivity index is 1.72.